The van der Waals surface area contributed by atoms with Crippen molar-refractivity contribution < 1.29 is 14.2 Å². The second-order valence-electron chi connectivity index (χ2n) is 8.28. The third-order valence-electron chi connectivity index (χ3n) is 5.82. The Bertz CT molecular complexity index is 857. The van der Waals surface area contributed by atoms with Gasteiger partial charge in [0, 0.05) is 24.3 Å². The van der Waals surface area contributed by atoms with Crippen molar-refractivity contribution in [1.29, 1.82) is 0 Å². The molecule has 0 spiro atoms. The van der Waals surface area contributed by atoms with Crippen LogP contribution < -0.4 is 14.2 Å². The highest BCUT2D eigenvalue weighted by Crippen LogP contribution is 2.39. The van der Waals surface area contributed by atoms with E-state index in [9.17, 15) is 0 Å². The number of nitrogens with zero attached hydrogens (tertiary/aromatic N) is 3. The van der Waals surface area contributed by atoms with Crippen LogP contribution >= 0.6 is 0 Å². The van der Waals surface area contributed by atoms with E-state index in [0.717, 1.165) is 43.1 Å². The SMILES string of the molecule is COc1cc(C[C@]2(C)CCN(C(C)c3ccc4c(n3)OCCO4)C2)cc(C)n1. The van der Waals surface area contributed by atoms with Crippen LogP contribution in [0.2, 0.25) is 0 Å². The van der Waals surface area contributed by atoms with Crippen LogP contribution in [0.25, 0.3) is 0 Å². The van der Waals surface area contributed by atoms with E-state index in [0.29, 0.717) is 25.0 Å². The summed E-state index contributed by atoms with van der Waals surface area (Å²) < 4.78 is 16.6. The summed E-state index contributed by atoms with van der Waals surface area (Å²) in [5, 5.41) is 0. The van der Waals surface area contributed by atoms with E-state index < -0.39 is 0 Å². The molecule has 2 aliphatic heterocycles. The molecule has 2 aromatic heterocycles. The van der Waals surface area contributed by atoms with Gasteiger partial charge < -0.3 is 14.2 Å². The minimum Gasteiger partial charge on any atom is -0.484 e. The van der Waals surface area contributed by atoms with Crippen molar-refractivity contribution in [3.8, 4) is 17.5 Å². The number of hydrogen-bond acceptors (Lipinski definition) is 6. The van der Waals surface area contributed by atoms with Crippen molar-refractivity contribution in [3.63, 3.8) is 0 Å². The Kier molecular flexibility index (Phi) is 5.15. The zero-order valence-electron chi connectivity index (χ0n) is 17.2. The van der Waals surface area contributed by atoms with Gasteiger partial charge in [0.25, 0.3) is 5.88 Å². The third-order valence-corrected chi connectivity index (χ3v) is 5.82. The Morgan fingerprint density at radius 1 is 1.21 bits per heavy atom. The van der Waals surface area contributed by atoms with Crippen molar-refractivity contribution in [1.82, 2.24) is 14.9 Å². The quantitative estimate of drug-likeness (QED) is 0.787. The first-order valence-corrected chi connectivity index (χ1v) is 9.98. The summed E-state index contributed by atoms with van der Waals surface area (Å²) in [7, 11) is 1.67. The van der Waals surface area contributed by atoms with Gasteiger partial charge in [0.15, 0.2) is 5.75 Å². The Morgan fingerprint density at radius 3 is 2.86 bits per heavy atom. The molecule has 1 fully saturated rings. The second kappa shape index (κ2) is 7.59. The highest BCUT2D eigenvalue weighted by atomic mass is 16.6. The minimum absolute atomic E-state index is 0.223. The Balaban J connectivity index is 1.46. The maximum Gasteiger partial charge on any atom is 0.257 e. The first-order chi connectivity index (χ1) is 13.5. The smallest absolute Gasteiger partial charge is 0.257 e. The molecule has 0 aromatic carbocycles. The molecular weight excluding hydrogens is 354 g/mol. The highest BCUT2D eigenvalue weighted by Gasteiger charge is 2.36. The van der Waals surface area contributed by atoms with Gasteiger partial charge in [0.05, 0.1) is 12.8 Å². The molecular formula is C22H29N3O3. The second-order valence-corrected chi connectivity index (χ2v) is 8.28. The monoisotopic (exact) mass is 383 g/mol. The highest BCUT2D eigenvalue weighted by molar-refractivity contribution is 5.36. The predicted molar refractivity (Wildman–Crippen MR) is 107 cm³/mol. The first-order valence-electron chi connectivity index (χ1n) is 9.98. The van der Waals surface area contributed by atoms with Crippen LogP contribution in [0.5, 0.6) is 17.5 Å². The minimum atomic E-state index is 0.223. The van der Waals surface area contributed by atoms with Gasteiger partial charge in [0.1, 0.15) is 13.2 Å². The van der Waals surface area contributed by atoms with E-state index in [1.165, 1.54) is 5.56 Å². The zero-order valence-corrected chi connectivity index (χ0v) is 17.2. The number of likely N-dealkylation sites (tertiary alicyclic amines) is 1. The van der Waals surface area contributed by atoms with Crippen LogP contribution in [0.1, 0.15) is 43.3 Å². The lowest BCUT2D eigenvalue weighted by Crippen LogP contribution is -2.29. The molecule has 28 heavy (non-hydrogen) atoms. The number of ether oxygens (including phenoxy) is 3. The van der Waals surface area contributed by atoms with Crippen molar-refractivity contribution in [2.24, 2.45) is 5.41 Å². The van der Waals surface area contributed by atoms with Crippen LogP contribution in [0.3, 0.4) is 0 Å². The summed E-state index contributed by atoms with van der Waals surface area (Å²) >= 11 is 0. The number of hydrogen-bond donors (Lipinski definition) is 0. The molecule has 2 atom stereocenters. The van der Waals surface area contributed by atoms with Gasteiger partial charge in [-0.25, -0.2) is 9.97 Å². The molecule has 0 bridgehead atoms. The summed E-state index contributed by atoms with van der Waals surface area (Å²) in [4.78, 5) is 11.6. The molecule has 6 nitrogen and oxygen atoms in total. The van der Waals surface area contributed by atoms with Crippen LogP contribution in [0, 0.1) is 12.3 Å². The molecule has 4 heterocycles. The normalized spacial score (nSPS) is 22.9. The van der Waals surface area contributed by atoms with E-state index in [-0.39, 0.29) is 11.5 Å². The molecule has 0 saturated carbocycles. The Labute approximate surface area is 166 Å². The first kappa shape index (κ1) is 19.0. The fourth-order valence-corrected chi connectivity index (χ4v) is 4.31. The van der Waals surface area contributed by atoms with E-state index in [1.54, 1.807) is 7.11 Å². The van der Waals surface area contributed by atoms with E-state index in [1.807, 2.05) is 13.0 Å². The van der Waals surface area contributed by atoms with Crippen molar-refractivity contribution in [3.05, 3.63) is 41.2 Å². The van der Waals surface area contributed by atoms with Crippen LogP contribution in [-0.4, -0.2) is 48.3 Å². The van der Waals surface area contributed by atoms with Gasteiger partial charge in [-0.15, -0.1) is 0 Å². The van der Waals surface area contributed by atoms with E-state index >= 15 is 0 Å². The average Bonchev–Trinajstić information content (AvgIpc) is 3.08. The number of aryl methyl sites for hydroxylation is 1. The lowest BCUT2D eigenvalue weighted by atomic mass is 9.83. The number of fused-ring (bicyclic) bond motifs is 1. The molecule has 2 aromatic rings. The molecule has 2 aliphatic rings. The largest absolute Gasteiger partial charge is 0.484 e. The van der Waals surface area contributed by atoms with Crippen LogP contribution in [0.4, 0.5) is 0 Å². The van der Waals surface area contributed by atoms with Gasteiger partial charge >= 0.3 is 0 Å². The van der Waals surface area contributed by atoms with E-state index in [2.05, 4.69) is 41.9 Å². The molecule has 0 N–H and O–H groups in total. The Hall–Kier alpha value is -2.34. The topological polar surface area (TPSA) is 56.7 Å². The van der Waals surface area contributed by atoms with Gasteiger partial charge in [0.2, 0.25) is 5.88 Å². The Morgan fingerprint density at radius 2 is 2.04 bits per heavy atom. The lowest BCUT2D eigenvalue weighted by Gasteiger charge is -2.29. The molecule has 0 amide bonds. The molecule has 4 rings (SSSR count). The van der Waals surface area contributed by atoms with Crippen molar-refractivity contribution >= 4 is 0 Å². The summed E-state index contributed by atoms with van der Waals surface area (Å²) in [6, 6.07) is 8.51. The zero-order chi connectivity index (χ0) is 19.7. The maximum atomic E-state index is 5.66. The van der Waals surface area contributed by atoms with E-state index in [4.69, 9.17) is 19.2 Å². The number of rotatable bonds is 5. The summed E-state index contributed by atoms with van der Waals surface area (Å²) in [6.45, 7) is 9.87. The lowest BCUT2D eigenvalue weighted by molar-refractivity contribution is 0.161. The molecule has 6 heteroatoms. The fraction of sp³-hybridized carbons (Fsp3) is 0.545. The molecule has 1 unspecified atom stereocenters. The fourth-order valence-electron chi connectivity index (χ4n) is 4.31. The summed E-state index contributed by atoms with van der Waals surface area (Å²) in [6.07, 6.45) is 2.18. The van der Waals surface area contributed by atoms with Crippen molar-refractivity contribution in [2.75, 3.05) is 33.4 Å². The standard InChI is InChI=1S/C22H29N3O3/c1-15-11-17(12-20(23-15)26-4)13-22(3)7-8-25(14-22)16(2)18-5-6-19-21(24-18)28-10-9-27-19/h5-6,11-12,16H,7-10,13-14H2,1-4H3/t16?,22-/m0/s1. The average molecular weight is 383 g/mol. The van der Waals surface area contributed by atoms with Gasteiger partial charge in [-0.1, -0.05) is 6.92 Å². The van der Waals surface area contributed by atoms with Crippen LogP contribution in [-0.2, 0) is 6.42 Å². The van der Waals surface area contributed by atoms with Gasteiger partial charge in [-0.05, 0) is 62.4 Å². The third kappa shape index (κ3) is 3.92. The predicted octanol–water partition coefficient (Wildman–Crippen LogP) is 3.58. The molecule has 0 aliphatic carbocycles. The maximum absolute atomic E-state index is 5.66. The molecule has 150 valence electrons. The summed E-state index contributed by atoms with van der Waals surface area (Å²) in [5.74, 6) is 2.06. The molecule has 0 radical (unpaired) electrons. The number of aromatic nitrogens is 2. The van der Waals surface area contributed by atoms with Gasteiger partial charge in [-0.3, -0.25) is 4.90 Å². The van der Waals surface area contributed by atoms with Crippen molar-refractivity contribution in [2.45, 2.75) is 39.7 Å². The van der Waals surface area contributed by atoms with Crippen LogP contribution in [0.15, 0.2) is 24.3 Å². The number of methoxy groups -OCH3 is 1. The summed E-state index contributed by atoms with van der Waals surface area (Å²) in [5.41, 5.74) is 3.55. The molecule has 1 saturated heterocycles. The van der Waals surface area contributed by atoms with Gasteiger partial charge in [-0.2, -0.15) is 0 Å². The number of pyridine rings is 2.